The maximum atomic E-state index is 5.63. The molecule has 0 amide bonds. The highest BCUT2D eigenvalue weighted by Gasteiger charge is 2.22. The molecule has 0 aliphatic carbocycles. The SMILES string of the molecule is CN1Cc2nn(C)c(CN)c2C1. The van der Waals surface area contributed by atoms with Crippen molar-refractivity contribution < 1.29 is 0 Å². The first-order valence-electron chi connectivity index (χ1n) is 4.14. The Bertz CT molecular complexity index is 302. The van der Waals surface area contributed by atoms with Crippen molar-refractivity contribution in [2.24, 2.45) is 12.8 Å². The van der Waals surface area contributed by atoms with Gasteiger partial charge in [0.1, 0.15) is 0 Å². The number of nitrogens with two attached hydrogens (primary N) is 1. The van der Waals surface area contributed by atoms with Gasteiger partial charge in [-0.2, -0.15) is 5.10 Å². The van der Waals surface area contributed by atoms with Gasteiger partial charge in [0, 0.05) is 32.2 Å². The van der Waals surface area contributed by atoms with Crippen LogP contribution in [0.1, 0.15) is 17.0 Å². The van der Waals surface area contributed by atoms with Crippen molar-refractivity contribution >= 4 is 0 Å². The van der Waals surface area contributed by atoms with Crippen molar-refractivity contribution in [3.63, 3.8) is 0 Å². The third-order valence-electron chi connectivity index (χ3n) is 2.40. The van der Waals surface area contributed by atoms with Gasteiger partial charge in [0.05, 0.1) is 11.4 Å². The van der Waals surface area contributed by atoms with Crippen LogP contribution in [0, 0.1) is 0 Å². The summed E-state index contributed by atoms with van der Waals surface area (Å²) in [6, 6.07) is 0. The molecule has 1 aliphatic heterocycles. The van der Waals surface area contributed by atoms with Crippen LogP contribution in [0.25, 0.3) is 0 Å². The molecule has 0 saturated heterocycles. The topological polar surface area (TPSA) is 47.1 Å². The van der Waals surface area contributed by atoms with Gasteiger partial charge in [-0.05, 0) is 7.05 Å². The van der Waals surface area contributed by atoms with Crippen molar-refractivity contribution in [1.82, 2.24) is 14.7 Å². The largest absolute Gasteiger partial charge is 0.325 e. The monoisotopic (exact) mass is 166 g/mol. The number of hydrogen-bond donors (Lipinski definition) is 1. The normalized spacial score (nSPS) is 16.9. The number of hydrogen-bond acceptors (Lipinski definition) is 3. The second kappa shape index (κ2) is 2.57. The van der Waals surface area contributed by atoms with Gasteiger partial charge in [-0.15, -0.1) is 0 Å². The highest BCUT2D eigenvalue weighted by atomic mass is 15.3. The van der Waals surface area contributed by atoms with Crippen molar-refractivity contribution in [1.29, 1.82) is 0 Å². The van der Waals surface area contributed by atoms with Crippen LogP contribution in [0.4, 0.5) is 0 Å². The summed E-state index contributed by atoms with van der Waals surface area (Å²) in [6.45, 7) is 2.55. The Hall–Kier alpha value is -0.870. The Morgan fingerprint density at radius 3 is 2.83 bits per heavy atom. The predicted molar refractivity (Wildman–Crippen MR) is 46.3 cm³/mol. The first-order valence-corrected chi connectivity index (χ1v) is 4.14. The van der Waals surface area contributed by atoms with E-state index >= 15 is 0 Å². The highest BCUT2D eigenvalue weighted by molar-refractivity contribution is 5.29. The Balaban J connectivity index is 2.44. The Morgan fingerprint density at radius 1 is 1.42 bits per heavy atom. The lowest BCUT2D eigenvalue weighted by Gasteiger charge is -2.07. The Kier molecular flexibility index (Phi) is 1.66. The zero-order valence-corrected chi connectivity index (χ0v) is 7.54. The zero-order chi connectivity index (χ0) is 8.72. The number of aryl methyl sites for hydroxylation is 1. The second-order valence-corrected chi connectivity index (χ2v) is 3.37. The third kappa shape index (κ3) is 0.956. The van der Waals surface area contributed by atoms with Gasteiger partial charge in [-0.1, -0.05) is 0 Å². The molecule has 66 valence electrons. The van der Waals surface area contributed by atoms with Crippen molar-refractivity contribution in [2.75, 3.05) is 7.05 Å². The fourth-order valence-corrected chi connectivity index (χ4v) is 1.81. The van der Waals surface area contributed by atoms with E-state index < -0.39 is 0 Å². The Morgan fingerprint density at radius 2 is 2.17 bits per heavy atom. The van der Waals surface area contributed by atoms with Gasteiger partial charge >= 0.3 is 0 Å². The van der Waals surface area contributed by atoms with Crippen LogP contribution < -0.4 is 5.73 Å². The molecule has 0 aromatic carbocycles. The average Bonchev–Trinajstić information content (AvgIpc) is 2.43. The summed E-state index contributed by atoms with van der Waals surface area (Å²) in [7, 11) is 4.06. The molecule has 2 heterocycles. The van der Waals surface area contributed by atoms with Gasteiger partial charge in [0.2, 0.25) is 0 Å². The highest BCUT2D eigenvalue weighted by Crippen LogP contribution is 2.23. The van der Waals surface area contributed by atoms with E-state index in [1.165, 1.54) is 17.0 Å². The van der Waals surface area contributed by atoms with E-state index in [1.54, 1.807) is 0 Å². The first-order chi connectivity index (χ1) is 5.72. The molecule has 0 radical (unpaired) electrons. The Labute approximate surface area is 72.0 Å². The molecule has 1 aromatic heterocycles. The van der Waals surface area contributed by atoms with E-state index in [2.05, 4.69) is 17.0 Å². The molecule has 0 atom stereocenters. The van der Waals surface area contributed by atoms with Crippen LogP contribution in [0.3, 0.4) is 0 Å². The summed E-state index contributed by atoms with van der Waals surface area (Å²) in [6.07, 6.45) is 0. The van der Waals surface area contributed by atoms with E-state index in [9.17, 15) is 0 Å². The van der Waals surface area contributed by atoms with Crippen LogP contribution in [-0.4, -0.2) is 21.7 Å². The molecule has 1 aliphatic rings. The lowest BCUT2D eigenvalue weighted by atomic mass is 10.2. The lowest BCUT2D eigenvalue weighted by Crippen LogP contribution is -2.13. The van der Waals surface area contributed by atoms with Crippen LogP contribution in [0.2, 0.25) is 0 Å². The lowest BCUT2D eigenvalue weighted by molar-refractivity contribution is 0.345. The summed E-state index contributed by atoms with van der Waals surface area (Å²) in [5, 5.41) is 4.41. The second-order valence-electron chi connectivity index (χ2n) is 3.37. The van der Waals surface area contributed by atoms with Gasteiger partial charge in [-0.3, -0.25) is 9.58 Å². The van der Waals surface area contributed by atoms with E-state index in [4.69, 9.17) is 5.73 Å². The molecular formula is C8H14N4. The molecule has 2 N–H and O–H groups in total. The van der Waals surface area contributed by atoms with E-state index in [1.807, 2.05) is 11.7 Å². The van der Waals surface area contributed by atoms with Gasteiger partial charge in [0.15, 0.2) is 0 Å². The van der Waals surface area contributed by atoms with Gasteiger partial charge in [-0.25, -0.2) is 0 Å². The number of nitrogens with zero attached hydrogens (tertiary/aromatic N) is 3. The molecule has 2 rings (SSSR count). The fraction of sp³-hybridized carbons (Fsp3) is 0.625. The molecule has 0 saturated carbocycles. The maximum Gasteiger partial charge on any atom is 0.0813 e. The number of rotatable bonds is 1. The molecule has 0 unspecified atom stereocenters. The third-order valence-corrected chi connectivity index (χ3v) is 2.40. The minimum atomic E-state index is 0.590. The summed E-state index contributed by atoms with van der Waals surface area (Å²) in [4.78, 5) is 2.25. The summed E-state index contributed by atoms with van der Waals surface area (Å²) in [5.41, 5.74) is 9.34. The molecule has 12 heavy (non-hydrogen) atoms. The molecule has 0 spiro atoms. The summed E-state index contributed by atoms with van der Waals surface area (Å²) < 4.78 is 1.90. The molecule has 0 fully saturated rings. The smallest absolute Gasteiger partial charge is 0.0813 e. The molecule has 0 bridgehead atoms. The standard InChI is InChI=1S/C8H14N4/c1-11-4-6-7(5-11)10-12(2)8(6)3-9/h3-5,9H2,1-2H3. The van der Waals surface area contributed by atoms with Crippen molar-refractivity contribution in [3.8, 4) is 0 Å². The van der Waals surface area contributed by atoms with Crippen LogP contribution >= 0.6 is 0 Å². The van der Waals surface area contributed by atoms with E-state index in [0.29, 0.717) is 6.54 Å². The van der Waals surface area contributed by atoms with Crippen LogP contribution in [-0.2, 0) is 26.7 Å². The van der Waals surface area contributed by atoms with E-state index in [-0.39, 0.29) is 0 Å². The quantitative estimate of drug-likeness (QED) is 0.629. The summed E-state index contributed by atoms with van der Waals surface area (Å²) >= 11 is 0. The van der Waals surface area contributed by atoms with Gasteiger partial charge < -0.3 is 5.73 Å². The van der Waals surface area contributed by atoms with Crippen LogP contribution in [0.15, 0.2) is 0 Å². The maximum absolute atomic E-state index is 5.63. The number of fused-ring (bicyclic) bond motifs is 1. The molecule has 4 heteroatoms. The van der Waals surface area contributed by atoms with E-state index in [0.717, 1.165) is 13.1 Å². The fourth-order valence-electron chi connectivity index (χ4n) is 1.81. The van der Waals surface area contributed by atoms with Crippen LogP contribution in [0.5, 0.6) is 0 Å². The van der Waals surface area contributed by atoms with Crippen molar-refractivity contribution in [3.05, 3.63) is 17.0 Å². The minimum Gasteiger partial charge on any atom is -0.325 e. The minimum absolute atomic E-state index is 0.590. The molecule has 4 nitrogen and oxygen atoms in total. The van der Waals surface area contributed by atoms with Gasteiger partial charge in [0.25, 0.3) is 0 Å². The molecular weight excluding hydrogens is 152 g/mol. The van der Waals surface area contributed by atoms with Crippen molar-refractivity contribution in [2.45, 2.75) is 19.6 Å². The average molecular weight is 166 g/mol. The summed E-state index contributed by atoms with van der Waals surface area (Å²) in [5.74, 6) is 0. The zero-order valence-electron chi connectivity index (χ0n) is 7.54. The first kappa shape index (κ1) is 7.76. The predicted octanol–water partition coefficient (Wildman–Crippen LogP) is -0.176. The molecule has 1 aromatic rings. The number of aromatic nitrogens is 2.